The number of hydrogen-bond acceptors (Lipinski definition) is 6. The van der Waals surface area contributed by atoms with Gasteiger partial charge in [0, 0.05) is 47.5 Å². The number of nitrogens with zero attached hydrogens (tertiary/aromatic N) is 4. The summed E-state index contributed by atoms with van der Waals surface area (Å²) in [4.78, 5) is 15.9. The van der Waals surface area contributed by atoms with E-state index in [2.05, 4.69) is 44.0 Å². The van der Waals surface area contributed by atoms with Gasteiger partial charge in [0.2, 0.25) is 0 Å². The first-order valence-corrected chi connectivity index (χ1v) is 10.8. The summed E-state index contributed by atoms with van der Waals surface area (Å²) in [6, 6.07) is 12.4. The second-order valence-electron chi connectivity index (χ2n) is 6.46. The second kappa shape index (κ2) is 10.3. The number of halogens is 1. The third-order valence-electron chi connectivity index (χ3n) is 4.73. The van der Waals surface area contributed by atoms with Crippen LogP contribution in [0.15, 0.2) is 53.0 Å². The Labute approximate surface area is 196 Å². The highest BCUT2D eigenvalue weighted by Crippen LogP contribution is 2.29. The van der Waals surface area contributed by atoms with Crippen molar-refractivity contribution in [1.29, 1.82) is 0 Å². The molecule has 3 aromatic rings. The fraction of sp³-hybridized carbons (Fsp3) is 0.300. The highest BCUT2D eigenvalue weighted by molar-refractivity contribution is 14.0. The van der Waals surface area contributed by atoms with Crippen molar-refractivity contribution in [3.63, 3.8) is 0 Å². The molecule has 154 valence electrons. The molecule has 1 aromatic carbocycles. The zero-order chi connectivity index (χ0) is 19.3. The van der Waals surface area contributed by atoms with Gasteiger partial charge in [-0.3, -0.25) is 0 Å². The van der Waals surface area contributed by atoms with E-state index in [0.29, 0.717) is 12.5 Å². The Morgan fingerprint density at radius 1 is 1.14 bits per heavy atom. The van der Waals surface area contributed by atoms with Crippen molar-refractivity contribution in [2.45, 2.75) is 6.54 Å². The zero-order valence-corrected chi connectivity index (χ0v) is 20.1. The topological polar surface area (TPSA) is 67.0 Å². The van der Waals surface area contributed by atoms with E-state index in [1.54, 1.807) is 29.8 Å². The molecule has 6 nitrogen and oxygen atoms in total. The van der Waals surface area contributed by atoms with Crippen LogP contribution in [-0.4, -0.2) is 49.1 Å². The van der Waals surface area contributed by atoms with Crippen molar-refractivity contribution in [1.82, 2.24) is 9.88 Å². The van der Waals surface area contributed by atoms with E-state index in [0.717, 1.165) is 37.1 Å². The maximum absolute atomic E-state index is 6.25. The molecule has 1 aliphatic heterocycles. The SMILES string of the molecule is COc1ccc(-c2ccc(CN=C(N)N3CCN(c4nccs4)CC3)s2)cc1.I. The van der Waals surface area contributed by atoms with Crippen LogP contribution in [-0.2, 0) is 6.54 Å². The molecule has 2 N–H and O–H groups in total. The van der Waals surface area contributed by atoms with Gasteiger partial charge in [0.1, 0.15) is 5.75 Å². The van der Waals surface area contributed by atoms with Crippen LogP contribution < -0.4 is 15.4 Å². The zero-order valence-electron chi connectivity index (χ0n) is 16.2. The molecule has 0 atom stereocenters. The molecule has 9 heteroatoms. The number of aromatic nitrogens is 1. The van der Waals surface area contributed by atoms with Gasteiger partial charge >= 0.3 is 0 Å². The number of guanidine groups is 1. The number of methoxy groups -OCH3 is 1. The van der Waals surface area contributed by atoms with Gasteiger partial charge in [-0.15, -0.1) is 46.7 Å². The van der Waals surface area contributed by atoms with Crippen LogP contribution >= 0.6 is 46.7 Å². The molecular formula is C20H24IN5OS2. The Balaban J connectivity index is 0.00000240. The first-order chi connectivity index (χ1) is 13.7. The Bertz CT molecular complexity index is 919. The van der Waals surface area contributed by atoms with Crippen LogP contribution in [0.25, 0.3) is 10.4 Å². The molecule has 4 rings (SSSR count). The molecule has 1 saturated heterocycles. The molecule has 0 bridgehead atoms. The van der Waals surface area contributed by atoms with Gasteiger partial charge in [0.25, 0.3) is 0 Å². The number of aliphatic imine (C=N–C) groups is 1. The molecule has 3 heterocycles. The highest BCUT2D eigenvalue weighted by Gasteiger charge is 2.19. The Hall–Kier alpha value is -1.85. The summed E-state index contributed by atoms with van der Waals surface area (Å²) in [5.41, 5.74) is 7.43. The Morgan fingerprint density at radius 2 is 1.90 bits per heavy atom. The van der Waals surface area contributed by atoms with Crippen LogP contribution in [0.5, 0.6) is 5.75 Å². The maximum atomic E-state index is 6.25. The predicted octanol–water partition coefficient (Wildman–Crippen LogP) is 4.14. The number of anilines is 1. The highest BCUT2D eigenvalue weighted by atomic mass is 127. The average Bonchev–Trinajstić information content (AvgIpc) is 3.44. The van der Waals surface area contributed by atoms with Crippen molar-refractivity contribution >= 4 is 57.7 Å². The molecule has 1 aliphatic rings. The number of thiophene rings is 1. The lowest BCUT2D eigenvalue weighted by Gasteiger charge is -2.35. The molecule has 0 aliphatic carbocycles. The van der Waals surface area contributed by atoms with E-state index in [-0.39, 0.29) is 24.0 Å². The molecule has 2 aromatic heterocycles. The van der Waals surface area contributed by atoms with Crippen LogP contribution in [0.2, 0.25) is 0 Å². The first-order valence-electron chi connectivity index (χ1n) is 9.15. The van der Waals surface area contributed by atoms with Crippen LogP contribution in [0.4, 0.5) is 5.13 Å². The van der Waals surface area contributed by atoms with E-state index in [4.69, 9.17) is 10.5 Å². The van der Waals surface area contributed by atoms with Gasteiger partial charge < -0.3 is 20.3 Å². The number of benzene rings is 1. The largest absolute Gasteiger partial charge is 0.497 e. The molecule has 1 fully saturated rings. The van der Waals surface area contributed by atoms with Crippen LogP contribution in [0, 0.1) is 0 Å². The lowest BCUT2D eigenvalue weighted by Crippen LogP contribution is -2.51. The summed E-state index contributed by atoms with van der Waals surface area (Å²) in [7, 11) is 1.68. The number of rotatable bonds is 5. The molecular weight excluding hydrogens is 517 g/mol. The number of nitrogens with two attached hydrogens (primary N) is 1. The van der Waals surface area contributed by atoms with E-state index >= 15 is 0 Å². The van der Waals surface area contributed by atoms with E-state index in [1.165, 1.54) is 15.3 Å². The number of ether oxygens (including phenoxy) is 1. The number of thiazole rings is 1. The average molecular weight is 541 g/mol. The second-order valence-corrected chi connectivity index (χ2v) is 8.50. The summed E-state index contributed by atoms with van der Waals surface area (Å²) in [5.74, 6) is 1.49. The number of piperazine rings is 1. The predicted molar refractivity (Wildman–Crippen MR) is 133 cm³/mol. The van der Waals surface area contributed by atoms with E-state index < -0.39 is 0 Å². The Morgan fingerprint density at radius 3 is 2.55 bits per heavy atom. The third-order valence-corrected chi connectivity index (χ3v) is 6.68. The molecule has 0 unspecified atom stereocenters. The minimum absolute atomic E-state index is 0. The first kappa shape index (κ1) is 21.8. The van der Waals surface area contributed by atoms with Crippen molar-refractivity contribution in [3.8, 4) is 16.2 Å². The molecule has 0 spiro atoms. The Kier molecular flexibility index (Phi) is 7.73. The van der Waals surface area contributed by atoms with Gasteiger partial charge in [-0.2, -0.15) is 0 Å². The van der Waals surface area contributed by atoms with Crippen LogP contribution in [0.3, 0.4) is 0 Å². The van der Waals surface area contributed by atoms with Crippen LogP contribution in [0.1, 0.15) is 4.88 Å². The molecule has 0 amide bonds. The molecule has 0 radical (unpaired) electrons. The van der Waals surface area contributed by atoms with E-state index in [1.807, 2.05) is 23.7 Å². The van der Waals surface area contributed by atoms with Gasteiger partial charge in [-0.1, -0.05) is 0 Å². The summed E-state index contributed by atoms with van der Waals surface area (Å²) in [6.07, 6.45) is 1.85. The van der Waals surface area contributed by atoms with Crippen molar-refractivity contribution in [2.75, 3.05) is 38.2 Å². The summed E-state index contributed by atoms with van der Waals surface area (Å²) < 4.78 is 5.22. The van der Waals surface area contributed by atoms with Gasteiger partial charge in [-0.05, 0) is 42.0 Å². The van der Waals surface area contributed by atoms with Crippen molar-refractivity contribution in [2.24, 2.45) is 10.7 Å². The third kappa shape index (κ3) is 5.40. The standard InChI is InChI=1S/C20H23N5OS2.HI/c1-26-16-4-2-15(3-5-16)18-7-6-17(28-18)14-23-19(21)24-9-11-25(12-10-24)20-22-8-13-27-20;/h2-8,13H,9-12,14H2,1H3,(H2,21,23);1H. The molecule has 29 heavy (non-hydrogen) atoms. The summed E-state index contributed by atoms with van der Waals surface area (Å²) >= 11 is 3.43. The van der Waals surface area contributed by atoms with Gasteiger partial charge in [0.05, 0.1) is 13.7 Å². The maximum Gasteiger partial charge on any atom is 0.191 e. The normalized spacial score (nSPS) is 14.6. The molecule has 0 saturated carbocycles. The summed E-state index contributed by atoms with van der Waals surface area (Å²) in [6.45, 7) is 4.20. The van der Waals surface area contributed by atoms with E-state index in [9.17, 15) is 0 Å². The summed E-state index contributed by atoms with van der Waals surface area (Å²) in [5, 5.41) is 3.10. The minimum Gasteiger partial charge on any atom is -0.497 e. The number of hydrogen-bond donors (Lipinski definition) is 1. The fourth-order valence-electron chi connectivity index (χ4n) is 3.13. The van der Waals surface area contributed by atoms with Gasteiger partial charge in [0.15, 0.2) is 11.1 Å². The lowest BCUT2D eigenvalue weighted by atomic mass is 10.2. The minimum atomic E-state index is 0. The van der Waals surface area contributed by atoms with Gasteiger partial charge in [-0.25, -0.2) is 9.98 Å². The smallest absolute Gasteiger partial charge is 0.191 e. The monoisotopic (exact) mass is 541 g/mol. The van der Waals surface area contributed by atoms with Crippen molar-refractivity contribution in [3.05, 3.63) is 52.9 Å². The van der Waals surface area contributed by atoms with Crippen molar-refractivity contribution < 1.29 is 4.74 Å². The quantitative estimate of drug-likeness (QED) is 0.299. The fourth-order valence-corrected chi connectivity index (χ4v) is 4.77. The lowest BCUT2D eigenvalue weighted by molar-refractivity contribution is 0.380.